The normalized spacial score (nSPS) is 10.7. The van der Waals surface area contributed by atoms with Gasteiger partial charge in [-0.2, -0.15) is 0 Å². The molecule has 122 valence electrons. The van der Waals surface area contributed by atoms with Crippen molar-refractivity contribution >= 4 is 39.8 Å². The van der Waals surface area contributed by atoms with Crippen molar-refractivity contribution in [3.05, 3.63) is 77.3 Å². The molecule has 0 aromatic heterocycles. The third kappa shape index (κ3) is 3.80. The van der Waals surface area contributed by atoms with Gasteiger partial charge < -0.3 is 9.47 Å². The SMILES string of the molecule is COc1ccc(P(c2ccc(Br)cc2)c2ccc(OC)cc2)cc1. The predicted octanol–water partition coefficient (Wildman–Crippen LogP) is 4.22. The summed E-state index contributed by atoms with van der Waals surface area (Å²) in [5.41, 5.74) is 0. The van der Waals surface area contributed by atoms with Gasteiger partial charge in [-0.3, -0.25) is 0 Å². The number of hydrogen-bond acceptors (Lipinski definition) is 2. The van der Waals surface area contributed by atoms with Crippen molar-refractivity contribution in [3.8, 4) is 11.5 Å². The fraction of sp³-hybridized carbons (Fsp3) is 0.100. The Morgan fingerprint density at radius 1 is 0.583 bits per heavy atom. The summed E-state index contributed by atoms with van der Waals surface area (Å²) in [6.07, 6.45) is 0. The third-order valence-electron chi connectivity index (χ3n) is 3.75. The van der Waals surface area contributed by atoms with Gasteiger partial charge in [0.05, 0.1) is 14.2 Å². The molecular formula is C20H18BrO2P. The maximum Gasteiger partial charge on any atom is 0.118 e. The highest BCUT2D eigenvalue weighted by molar-refractivity contribution is 9.10. The first kappa shape index (κ1) is 17.0. The van der Waals surface area contributed by atoms with Crippen LogP contribution < -0.4 is 25.4 Å². The van der Waals surface area contributed by atoms with E-state index in [9.17, 15) is 0 Å². The molecule has 0 bridgehead atoms. The van der Waals surface area contributed by atoms with Crippen LogP contribution in [0.4, 0.5) is 0 Å². The third-order valence-corrected chi connectivity index (χ3v) is 6.72. The van der Waals surface area contributed by atoms with Crippen molar-refractivity contribution in [3.63, 3.8) is 0 Å². The van der Waals surface area contributed by atoms with Crippen LogP contribution >= 0.6 is 23.9 Å². The molecule has 4 heteroatoms. The standard InChI is InChI=1S/C20H18BrO2P/c1-22-16-5-11-19(12-6-16)24(18-9-3-15(21)4-10-18)20-13-7-17(23-2)8-14-20/h3-14H,1-2H3. The molecule has 3 aromatic carbocycles. The summed E-state index contributed by atoms with van der Waals surface area (Å²) in [6, 6.07) is 25.2. The Kier molecular flexibility index (Phi) is 5.55. The van der Waals surface area contributed by atoms with E-state index in [2.05, 4.69) is 64.5 Å². The van der Waals surface area contributed by atoms with Crippen molar-refractivity contribution in [1.82, 2.24) is 0 Å². The zero-order valence-electron chi connectivity index (χ0n) is 13.6. The molecule has 0 radical (unpaired) electrons. The summed E-state index contributed by atoms with van der Waals surface area (Å²) >= 11 is 3.52. The molecule has 0 aliphatic rings. The van der Waals surface area contributed by atoms with E-state index in [0.29, 0.717) is 0 Å². The summed E-state index contributed by atoms with van der Waals surface area (Å²) < 4.78 is 11.7. The average molecular weight is 401 g/mol. The van der Waals surface area contributed by atoms with E-state index in [1.54, 1.807) is 14.2 Å². The molecule has 0 heterocycles. The first-order valence-corrected chi connectivity index (χ1v) is 9.68. The van der Waals surface area contributed by atoms with Crippen LogP contribution in [-0.4, -0.2) is 14.2 Å². The first-order chi connectivity index (χ1) is 11.7. The maximum absolute atomic E-state index is 5.29. The number of rotatable bonds is 5. The molecule has 0 saturated carbocycles. The smallest absolute Gasteiger partial charge is 0.118 e. The Morgan fingerprint density at radius 3 is 1.25 bits per heavy atom. The van der Waals surface area contributed by atoms with Gasteiger partial charge in [0.15, 0.2) is 0 Å². The van der Waals surface area contributed by atoms with Gasteiger partial charge in [0.25, 0.3) is 0 Å². The minimum Gasteiger partial charge on any atom is -0.497 e. The molecule has 0 spiro atoms. The Hall–Kier alpha value is -1.83. The molecule has 0 N–H and O–H groups in total. The fourth-order valence-electron chi connectivity index (χ4n) is 2.50. The molecule has 2 nitrogen and oxygen atoms in total. The fourth-order valence-corrected chi connectivity index (χ4v) is 5.00. The van der Waals surface area contributed by atoms with Crippen LogP contribution in [-0.2, 0) is 0 Å². The van der Waals surface area contributed by atoms with E-state index in [1.807, 2.05) is 24.3 Å². The zero-order chi connectivity index (χ0) is 16.9. The van der Waals surface area contributed by atoms with Crippen LogP contribution in [0.5, 0.6) is 11.5 Å². The van der Waals surface area contributed by atoms with E-state index >= 15 is 0 Å². The quantitative estimate of drug-likeness (QED) is 0.596. The van der Waals surface area contributed by atoms with Gasteiger partial charge in [0, 0.05) is 4.47 Å². The van der Waals surface area contributed by atoms with Crippen molar-refractivity contribution in [1.29, 1.82) is 0 Å². The molecule has 0 unspecified atom stereocenters. The zero-order valence-corrected chi connectivity index (χ0v) is 16.1. The first-order valence-electron chi connectivity index (χ1n) is 7.55. The molecule has 0 amide bonds. The maximum atomic E-state index is 5.29. The monoisotopic (exact) mass is 400 g/mol. The number of methoxy groups -OCH3 is 2. The molecule has 0 fully saturated rings. The summed E-state index contributed by atoms with van der Waals surface area (Å²) in [4.78, 5) is 0. The topological polar surface area (TPSA) is 18.5 Å². The van der Waals surface area contributed by atoms with E-state index in [-0.39, 0.29) is 0 Å². The number of benzene rings is 3. The molecule has 0 saturated heterocycles. The van der Waals surface area contributed by atoms with Gasteiger partial charge in [-0.25, -0.2) is 0 Å². The van der Waals surface area contributed by atoms with Crippen LogP contribution in [0.2, 0.25) is 0 Å². The summed E-state index contributed by atoms with van der Waals surface area (Å²) in [6.45, 7) is 0. The minimum atomic E-state index is -0.625. The minimum absolute atomic E-state index is 0.625. The molecule has 3 aromatic rings. The Morgan fingerprint density at radius 2 is 0.917 bits per heavy atom. The van der Waals surface area contributed by atoms with Crippen molar-refractivity contribution < 1.29 is 9.47 Å². The van der Waals surface area contributed by atoms with E-state index in [0.717, 1.165) is 16.0 Å². The van der Waals surface area contributed by atoms with Crippen molar-refractivity contribution in [2.24, 2.45) is 0 Å². The van der Waals surface area contributed by atoms with Crippen LogP contribution in [0.25, 0.3) is 0 Å². The summed E-state index contributed by atoms with van der Waals surface area (Å²) in [7, 11) is 2.76. The molecule has 0 aliphatic carbocycles. The second-order valence-electron chi connectivity index (χ2n) is 5.21. The van der Waals surface area contributed by atoms with Gasteiger partial charge in [-0.1, -0.05) is 52.3 Å². The Bertz CT molecular complexity index is 736. The van der Waals surface area contributed by atoms with Gasteiger partial charge >= 0.3 is 0 Å². The molecular weight excluding hydrogens is 383 g/mol. The van der Waals surface area contributed by atoms with Gasteiger partial charge in [0.1, 0.15) is 11.5 Å². The highest BCUT2D eigenvalue weighted by Gasteiger charge is 2.16. The predicted molar refractivity (Wildman–Crippen MR) is 106 cm³/mol. The molecule has 0 atom stereocenters. The van der Waals surface area contributed by atoms with Crippen LogP contribution in [0.15, 0.2) is 77.3 Å². The van der Waals surface area contributed by atoms with Crippen LogP contribution in [0, 0.1) is 0 Å². The van der Waals surface area contributed by atoms with E-state index in [4.69, 9.17) is 9.47 Å². The number of halogens is 1. The Labute approximate surface area is 152 Å². The van der Waals surface area contributed by atoms with Gasteiger partial charge in [-0.15, -0.1) is 0 Å². The van der Waals surface area contributed by atoms with E-state index < -0.39 is 7.92 Å². The Balaban J connectivity index is 2.06. The molecule has 3 rings (SSSR count). The summed E-state index contributed by atoms with van der Waals surface area (Å²) in [5.74, 6) is 1.75. The second kappa shape index (κ2) is 7.83. The molecule has 0 aliphatic heterocycles. The lowest BCUT2D eigenvalue weighted by molar-refractivity contribution is 0.415. The van der Waals surface area contributed by atoms with Crippen LogP contribution in [0.3, 0.4) is 0 Å². The highest BCUT2D eigenvalue weighted by atomic mass is 79.9. The van der Waals surface area contributed by atoms with Crippen LogP contribution in [0.1, 0.15) is 0 Å². The second-order valence-corrected chi connectivity index (χ2v) is 8.34. The molecule has 24 heavy (non-hydrogen) atoms. The largest absolute Gasteiger partial charge is 0.497 e. The number of ether oxygens (including phenoxy) is 2. The van der Waals surface area contributed by atoms with Gasteiger partial charge in [0.2, 0.25) is 0 Å². The summed E-state index contributed by atoms with van der Waals surface area (Å²) in [5, 5.41) is 3.89. The average Bonchev–Trinajstić information content (AvgIpc) is 2.64. The van der Waals surface area contributed by atoms with Gasteiger partial charge in [-0.05, 0) is 60.2 Å². The lowest BCUT2D eigenvalue weighted by Gasteiger charge is -2.20. The number of hydrogen-bond donors (Lipinski definition) is 0. The van der Waals surface area contributed by atoms with Crippen molar-refractivity contribution in [2.75, 3.05) is 14.2 Å². The lowest BCUT2D eigenvalue weighted by Crippen LogP contribution is -2.20. The lowest BCUT2D eigenvalue weighted by atomic mass is 10.3. The van der Waals surface area contributed by atoms with Crippen molar-refractivity contribution in [2.45, 2.75) is 0 Å². The highest BCUT2D eigenvalue weighted by Crippen LogP contribution is 2.34. The van der Waals surface area contributed by atoms with E-state index in [1.165, 1.54) is 15.9 Å².